The van der Waals surface area contributed by atoms with Crippen LogP contribution in [0.25, 0.3) is 0 Å². The molecular formula is C32H52O5. The quantitative estimate of drug-likeness (QED) is 0.0797. The Labute approximate surface area is 226 Å². The third-order valence-electron chi connectivity index (χ3n) is 5.61. The van der Waals surface area contributed by atoms with Gasteiger partial charge >= 0.3 is 11.9 Å². The van der Waals surface area contributed by atoms with Crippen LogP contribution in [0.2, 0.25) is 0 Å². The van der Waals surface area contributed by atoms with Crippen molar-refractivity contribution in [1.29, 1.82) is 0 Å². The molecule has 0 aliphatic carbocycles. The fourth-order valence-electron chi connectivity index (χ4n) is 3.45. The highest BCUT2D eigenvalue weighted by atomic mass is 16.6. The molecule has 37 heavy (non-hydrogen) atoms. The van der Waals surface area contributed by atoms with Gasteiger partial charge in [-0.05, 0) is 38.5 Å². The molecule has 0 heterocycles. The van der Waals surface area contributed by atoms with Crippen molar-refractivity contribution in [2.75, 3.05) is 13.2 Å². The van der Waals surface area contributed by atoms with E-state index < -0.39 is 12.1 Å². The van der Waals surface area contributed by atoms with Crippen molar-refractivity contribution in [2.45, 2.75) is 116 Å². The van der Waals surface area contributed by atoms with Gasteiger partial charge in [0.15, 0.2) is 6.10 Å². The molecule has 1 atom stereocenters. The van der Waals surface area contributed by atoms with E-state index in [0.29, 0.717) is 6.42 Å². The third kappa shape index (κ3) is 26.5. The number of carbonyl (C=O) groups is 2. The van der Waals surface area contributed by atoms with Crippen molar-refractivity contribution in [2.24, 2.45) is 0 Å². The first kappa shape index (κ1) is 34.6. The standard InChI is InChI=1S/C32H52O5/c1-3-5-7-9-11-13-14-15-16-17-18-19-21-23-25-27-32(35)37-30(28-33)29-36-31(34)26-24-22-20-12-10-8-6-4-2/h5,7,11,13,15-16,18-19,23,25,30,33H,3-4,6,8-10,12,14,17,20-22,24,26-29H2,1-2H3/b7-5-,13-11-,16-15-,19-18-,25-23-. The highest BCUT2D eigenvalue weighted by Crippen LogP contribution is 2.10. The van der Waals surface area contributed by atoms with Crippen molar-refractivity contribution in [1.82, 2.24) is 0 Å². The van der Waals surface area contributed by atoms with Gasteiger partial charge in [0.1, 0.15) is 6.61 Å². The maximum absolute atomic E-state index is 12.0. The molecule has 0 spiro atoms. The van der Waals surface area contributed by atoms with E-state index in [1.165, 1.54) is 32.1 Å². The average Bonchev–Trinajstić information content (AvgIpc) is 2.90. The molecule has 1 N–H and O–H groups in total. The number of hydrogen-bond acceptors (Lipinski definition) is 5. The SMILES string of the molecule is CC/C=C\C/C=C\C/C=C\C/C=C\C/C=C\CC(=O)OC(CO)COC(=O)CCCCCCCCCC. The molecule has 1 unspecified atom stereocenters. The van der Waals surface area contributed by atoms with Crippen molar-refractivity contribution in [3.05, 3.63) is 60.8 Å². The molecule has 0 aliphatic rings. The summed E-state index contributed by atoms with van der Waals surface area (Å²) in [5.41, 5.74) is 0. The Morgan fingerprint density at radius 1 is 0.649 bits per heavy atom. The number of hydrogen-bond donors (Lipinski definition) is 1. The summed E-state index contributed by atoms with van der Waals surface area (Å²) in [7, 11) is 0. The van der Waals surface area contributed by atoms with E-state index in [1.807, 2.05) is 6.08 Å². The normalized spacial score (nSPS) is 13.1. The Balaban J connectivity index is 3.83. The molecule has 5 heteroatoms. The van der Waals surface area contributed by atoms with Crippen molar-refractivity contribution >= 4 is 11.9 Å². The first-order valence-corrected chi connectivity index (χ1v) is 14.3. The first-order chi connectivity index (χ1) is 18.1. The van der Waals surface area contributed by atoms with Gasteiger partial charge in [0.25, 0.3) is 0 Å². The van der Waals surface area contributed by atoms with Gasteiger partial charge in [-0.2, -0.15) is 0 Å². The number of rotatable bonds is 24. The van der Waals surface area contributed by atoms with Gasteiger partial charge in [-0.15, -0.1) is 0 Å². The van der Waals surface area contributed by atoms with E-state index in [-0.39, 0.29) is 25.6 Å². The number of aliphatic hydroxyl groups is 1. The molecule has 0 aromatic carbocycles. The lowest BCUT2D eigenvalue weighted by molar-refractivity contribution is -0.160. The van der Waals surface area contributed by atoms with Crippen LogP contribution in [-0.2, 0) is 19.1 Å². The minimum atomic E-state index is -0.822. The monoisotopic (exact) mass is 516 g/mol. The highest BCUT2D eigenvalue weighted by Gasteiger charge is 2.15. The lowest BCUT2D eigenvalue weighted by atomic mass is 10.1. The summed E-state index contributed by atoms with van der Waals surface area (Å²) in [6.45, 7) is 3.86. The largest absolute Gasteiger partial charge is 0.462 e. The topological polar surface area (TPSA) is 72.8 Å². The van der Waals surface area contributed by atoms with Crippen LogP contribution in [0.5, 0.6) is 0 Å². The zero-order valence-corrected chi connectivity index (χ0v) is 23.5. The third-order valence-corrected chi connectivity index (χ3v) is 5.61. The van der Waals surface area contributed by atoms with Crippen LogP contribution in [0.15, 0.2) is 60.8 Å². The second-order valence-electron chi connectivity index (χ2n) is 9.11. The number of carbonyl (C=O) groups excluding carboxylic acids is 2. The Kier molecular flexibility index (Phi) is 26.3. The molecule has 0 aliphatic heterocycles. The Bertz CT molecular complexity index is 687. The van der Waals surface area contributed by atoms with Crippen LogP contribution in [0.1, 0.15) is 110 Å². The summed E-state index contributed by atoms with van der Waals surface area (Å²) in [4.78, 5) is 23.8. The lowest BCUT2D eigenvalue weighted by Gasteiger charge is -2.15. The van der Waals surface area contributed by atoms with Crippen LogP contribution in [0, 0.1) is 0 Å². The molecule has 0 aromatic rings. The fraction of sp³-hybridized carbons (Fsp3) is 0.625. The van der Waals surface area contributed by atoms with Crippen LogP contribution >= 0.6 is 0 Å². The van der Waals surface area contributed by atoms with Gasteiger partial charge in [0, 0.05) is 6.42 Å². The summed E-state index contributed by atoms with van der Waals surface area (Å²) in [6, 6.07) is 0. The molecule has 210 valence electrons. The molecule has 0 aromatic heterocycles. The van der Waals surface area contributed by atoms with E-state index in [9.17, 15) is 14.7 Å². The number of unbranched alkanes of at least 4 members (excludes halogenated alkanes) is 7. The van der Waals surface area contributed by atoms with Gasteiger partial charge in [-0.1, -0.05) is 120 Å². The van der Waals surface area contributed by atoms with E-state index in [0.717, 1.165) is 51.4 Å². The molecule has 0 fully saturated rings. The summed E-state index contributed by atoms with van der Waals surface area (Å²) in [6.07, 6.45) is 34.4. The number of ether oxygens (including phenoxy) is 2. The van der Waals surface area contributed by atoms with E-state index >= 15 is 0 Å². The number of aliphatic hydroxyl groups excluding tert-OH is 1. The Morgan fingerprint density at radius 3 is 1.65 bits per heavy atom. The lowest BCUT2D eigenvalue weighted by Crippen LogP contribution is -2.28. The molecule has 0 saturated heterocycles. The minimum absolute atomic E-state index is 0.107. The van der Waals surface area contributed by atoms with E-state index in [2.05, 4.69) is 62.5 Å². The van der Waals surface area contributed by atoms with Gasteiger partial charge < -0.3 is 14.6 Å². The average molecular weight is 517 g/mol. The van der Waals surface area contributed by atoms with Crippen LogP contribution < -0.4 is 0 Å². The van der Waals surface area contributed by atoms with Crippen LogP contribution in [0.3, 0.4) is 0 Å². The summed E-state index contributed by atoms with van der Waals surface area (Å²) >= 11 is 0. The summed E-state index contributed by atoms with van der Waals surface area (Å²) in [5, 5.41) is 9.42. The second kappa shape index (κ2) is 28.2. The molecular weight excluding hydrogens is 464 g/mol. The minimum Gasteiger partial charge on any atom is -0.462 e. The van der Waals surface area contributed by atoms with Gasteiger partial charge in [-0.25, -0.2) is 0 Å². The summed E-state index contributed by atoms with van der Waals surface area (Å²) < 4.78 is 10.4. The van der Waals surface area contributed by atoms with Crippen molar-refractivity contribution in [3.8, 4) is 0 Å². The van der Waals surface area contributed by atoms with E-state index in [1.54, 1.807) is 6.08 Å². The number of allylic oxidation sites excluding steroid dienone is 9. The second-order valence-corrected chi connectivity index (χ2v) is 9.11. The number of esters is 2. The van der Waals surface area contributed by atoms with Gasteiger partial charge in [-0.3, -0.25) is 9.59 Å². The maximum Gasteiger partial charge on any atom is 0.310 e. The molecule has 0 rings (SSSR count). The van der Waals surface area contributed by atoms with Crippen molar-refractivity contribution < 1.29 is 24.2 Å². The van der Waals surface area contributed by atoms with Crippen LogP contribution in [-0.4, -0.2) is 36.4 Å². The van der Waals surface area contributed by atoms with Crippen molar-refractivity contribution in [3.63, 3.8) is 0 Å². The molecule has 0 radical (unpaired) electrons. The predicted molar refractivity (Wildman–Crippen MR) is 154 cm³/mol. The predicted octanol–water partition coefficient (Wildman–Crippen LogP) is 8.11. The maximum atomic E-state index is 12.0. The molecule has 5 nitrogen and oxygen atoms in total. The summed E-state index contributed by atoms with van der Waals surface area (Å²) in [5.74, 6) is -0.752. The van der Waals surface area contributed by atoms with Gasteiger partial charge in [0.05, 0.1) is 13.0 Å². The zero-order chi connectivity index (χ0) is 27.2. The zero-order valence-electron chi connectivity index (χ0n) is 23.5. The fourth-order valence-corrected chi connectivity index (χ4v) is 3.45. The Morgan fingerprint density at radius 2 is 1.14 bits per heavy atom. The molecule has 0 saturated carbocycles. The molecule has 0 bridgehead atoms. The smallest absolute Gasteiger partial charge is 0.310 e. The van der Waals surface area contributed by atoms with Crippen LogP contribution in [0.4, 0.5) is 0 Å². The first-order valence-electron chi connectivity index (χ1n) is 14.3. The highest BCUT2D eigenvalue weighted by molar-refractivity contribution is 5.71. The Hall–Kier alpha value is -2.40. The molecule has 0 amide bonds. The van der Waals surface area contributed by atoms with E-state index in [4.69, 9.17) is 9.47 Å². The van der Waals surface area contributed by atoms with Gasteiger partial charge in [0.2, 0.25) is 0 Å².